The number of urea groups is 1. The highest BCUT2D eigenvalue weighted by Gasteiger charge is 2.47. The first-order valence-corrected chi connectivity index (χ1v) is 10.9. The van der Waals surface area contributed by atoms with E-state index in [4.69, 9.17) is 4.74 Å². The second-order valence-electron chi connectivity index (χ2n) is 8.28. The summed E-state index contributed by atoms with van der Waals surface area (Å²) >= 11 is 0. The molecule has 0 saturated carbocycles. The molecule has 1 heterocycles. The molecule has 6 heteroatoms. The minimum absolute atomic E-state index is 0.00119. The van der Waals surface area contributed by atoms with Gasteiger partial charge in [-0.2, -0.15) is 0 Å². The molecule has 2 N–H and O–H groups in total. The molecule has 1 aliphatic rings. The molecule has 0 aromatic heterocycles. The highest BCUT2D eigenvalue weighted by atomic mass is 16.5. The number of carbonyl (C=O) groups excluding carboxylic acids is 2. The van der Waals surface area contributed by atoms with E-state index in [0.29, 0.717) is 12.2 Å². The number of hydrogen-bond acceptors (Lipinski definition) is 4. The predicted molar refractivity (Wildman–Crippen MR) is 117 cm³/mol. The van der Waals surface area contributed by atoms with Crippen LogP contribution in [0.4, 0.5) is 4.79 Å². The number of ether oxygens (including phenoxy) is 1. The van der Waals surface area contributed by atoms with Crippen LogP contribution in [0.1, 0.15) is 52.4 Å². The summed E-state index contributed by atoms with van der Waals surface area (Å²) in [5.74, 6) is 0.397. The van der Waals surface area contributed by atoms with Crippen LogP contribution in [-0.4, -0.2) is 46.7 Å². The zero-order valence-electron chi connectivity index (χ0n) is 17.9. The largest absolute Gasteiger partial charge is 0.490 e. The van der Waals surface area contributed by atoms with Crippen LogP contribution in [0.15, 0.2) is 42.5 Å². The van der Waals surface area contributed by atoms with E-state index in [-0.39, 0.29) is 19.1 Å². The van der Waals surface area contributed by atoms with Crippen LogP contribution >= 0.6 is 0 Å². The molecule has 3 amide bonds. The fraction of sp³-hybridized carbons (Fsp3) is 0.500. The summed E-state index contributed by atoms with van der Waals surface area (Å²) in [6.45, 7) is 3.85. The van der Waals surface area contributed by atoms with Gasteiger partial charge >= 0.3 is 6.03 Å². The van der Waals surface area contributed by atoms with Crippen molar-refractivity contribution in [3.05, 3.63) is 42.5 Å². The van der Waals surface area contributed by atoms with Crippen molar-refractivity contribution in [1.82, 2.24) is 10.2 Å². The second-order valence-corrected chi connectivity index (χ2v) is 8.28. The smallest absolute Gasteiger partial charge is 0.325 e. The first-order chi connectivity index (χ1) is 14.4. The summed E-state index contributed by atoms with van der Waals surface area (Å²) in [5.41, 5.74) is -0.889. The van der Waals surface area contributed by atoms with Gasteiger partial charge in [0.1, 0.15) is 24.0 Å². The highest BCUT2D eigenvalue weighted by Crippen LogP contribution is 2.26. The Hall–Kier alpha value is -2.60. The Balaban J connectivity index is 1.53. The molecular weight excluding hydrogens is 380 g/mol. The lowest BCUT2D eigenvalue weighted by Crippen LogP contribution is -2.45. The zero-order valence-corrected chi connectivity index (χ0v) is 17.9. The number of aliphatic hydroxyl groups is 1. The van der Waals surface area contributed by atoms with Gasteiger partial charge in [-0.15, -0.1) is 0 Å². The minimum atomic E-state index is -0.967. The Morgan fingerprint density at radius 3 is 2.60 bits per heavy atom. The number of nitrogens with one attached hydrogen (secondary N) is 1. The molecule has 1 aliphatic heterocycles. The number of hydrogen-bond donors (Lipinski definition) is 2. The third kappa shape index (κ3) is 5.11. The zero-order chi connectivity index (χ0) is 21.6. The summed E-state index contributed by atoms with van der Waals surface area (Å²) in [7, 11) is 0. The number of benzene rings is 2. The van der Waals surface area contributed by atoms with Crippen molar-refractivity contribution in [2.45, 2.75) is 64.0 Å². The number of rotatable bonds is 11. The van der Waals surface area contributed by atoms with Gasteiger partial charge in [0.15, 0.2) is 0 Å². The molecule has 1 fully saturated rings. The van der Waals surface area contributed by atoms with Crippen molar-refractivity contribution >= 4 is 22.7 Å². The predicted octanol–water partition coefficient (Wildman–Crippen LogP) is 4.25. The summed E-state index contributed by atoms with van der Waals surface area (Å²) in [6.07, 6.45) is 5.08. The molecular formula is C24H32N2O4. The Kier molecular flexibility index (Phi) is 7.32. The van der Waals surface area contributed by atoms with Crippen molar-refractivity contribution in [2.75, 3.05) is 13.2 Å². The Morgan fingerprint density at radius 2 is 1.80 bits per heavy atom. The molecule has 162 valence electrons. The molecule has 0 radical (unpaired) electrons. The number of unbranched alkanes of at least 4 members (excludes halogenated alkanes) is 4. The minimum Gasteiger partial charge on any atom is -0.490 e. The number of carbonyl (C=O) groups is 2. The maximum atomic E-state index is 12.8. The van der Waals surface area contributed by atoms with Crippen molar-refractivity contribution in [1.29, 1.82) is 0 Å². The number of aliphatic hydroxyl groups excluding tert-OH is 1. The normalized spacial score (nSPS) is 19.9. The third-order valence-corrected chi connectivity index (χ3v) is 5.70. The third-order valence-electron chi connectivity index (χ3n) is 5.70. The van der Waals surface area contributed by atoms with Crippen molar-refractivity contribution in [3.8, 4) is 5.75 Å². The standard InChI is InChI=1S/C24H32N2O4/c1-3-4-5-6-9-15-24(2)22(28)26(23(29)25-24)16-19(27)17-30-21-14-10-12-18-11-7-8-13-20(18)21/h7-8,10-14,19,27H,3-6,9,15-17H2,1-2H3,(H,25,29). The van der Waals surface area contributed by atoms with E-state index in [1.807, 2.05) is 42.5 Å². The molecule has 2 atom stereocenters. The van der Waals surface area contributed by atoms with Gasteiger partial charge in [0.05, 0.1) is 6.54 Å². The number of amides is 3. The summed E-state index contributed by atoms with van der Waals surface area (Å²) < 4.78 is 5.80. The molecule has 1 saturated heterocycles. The van der Waals surface area contributed by atoms with E-state index >= 15 is 0 Å². The number of β-amino-alcohol motifs (C(OH)–C–C–N with tert-alkyl or cyclic N) is 1. The van der Waals surface area contributed by atoms with E-state index in [1.54, 1.807) is 6.92 Å². The van der Waals surface area contributed by atoms with Crippen LogP contribution in [0.5, 0.6) is 5.75 Å². The maximum absolute atomic E-state index is 12.8. The summed E-state index contributed by atoms with van der Waals surface area (Å²) in [6, 6.07) is 13.1. The van der Waals surface area contributed by atoms with E-state index in [1.165, 1.54) is 12.8 Å². The van der Waals surface area contributed by atoms with Crippen LogP contribution in [0.2, 0.25) is 0 Å². The van der Waals surface area contributed by atoms with Gasteiger partial charge in [-0.1, -0.05) is 75.4 Å². The van der Waals surface area contributed by atoms with E-state index in [2.05, 4.69) is 12.2 Å². The van der Waals surface area contributed by atoms with Crippen molar-refractivity contribution < 1.29 is 19.4 Å². The van der Waals surface area contributed by atoms with Crippen LogP contribution in [0, 0.1) is 0 Å². The molecule has 30 heavy (non-hydrogen) atoms. The fourth-order valence-electron chi connectivity index (χ4n) is 3.94. The first-order valence-electron chi connectivity index (χ1n) is 10.9. The van der Waals surface area contributed by atoms with Crippen molar-refractivity contribution in [2.24, 2.45) is 0 Å². The van der Waals surface area contributed by atoms with Gasteiger partial charge < -0.3 is 15.2 Å². The second kappa shape index (κ2) is 9.94. The lowest BCUT2D eigenvalue weighted by molar-refractivity contribution is -0.132. The fourth-order valence-corrected chi connectivity index (χ4v) is 3.94. The van der Waals surface area contributed by atoms with Gasteiger partial charge in [-0.05, 0) is 24.8 Å². The van der Waals surface area contributed by atoms with Crippen LogP contribution in [-0.2, 0) is 4.79 Å². The molecule has 2 aromatic rings. The highest BCUT2D eigenvalue weighted by molar-refractivity contribution is 6.06. The summed E-state index contributed by atoms with van der Waals surface area (Å²) in [5, 5.41) is 15.2. The molecule has 3 rings (SSSR count). The Labute approximate surface area is 178 Å². The monoisotopic (exact) mass is 412 g/mol. The topological polar surface area (TPSA) is 78.9 Å². The van der Waals surface area contributed by atoms with E-state index in [9.17, 15) is 14.7 Å². The number of fused-ring (bicyclic) bond motifs is 1. The lowest BCUT2D eigenvalue weighted by atomic mass is 9.94. The van der Waals surface area contributed by atoms with Gasteiger partial charge in [0.25, 0.3) is 5.91 Å². The summed E-state index contributed by atoms with van der Waals surface area (Å²) in [4.78, 5) is 26.3. The average molecular weight is 413 g/mol. The van der Waals surface area contributed by atoms with Gasteiger partial charge in [0.2, 0.25) is 0 Å². The van der Waals surface area contributed by atoms with Crippen LogP contribution < -0.4 is 10.1 Å². The quantitative estimate of drug-likeness (QED) is 0.427. The molecule has 0 aliphatic carbocycles. The number of nitrogens with zero attached hydrogens (tertiary/aromatic N) is 1. The van der Waals surface area contributed by atoms with E-state index in [0.717, 1.165) is 34.9 Å². The average Bonchev–Trinajstić information content (AvgIpc) is 2.95. The molecule has 0 bridgehead atoms. The Morgan fingerprint density at radius 1 is 1.07 bits per heavy atom. The molecule has 0 spiro atoms. The van der Waals surface area contributed by atoms with Gasteiger partial charge in [0, 0.05) is 5.39 Å². The van der Waals surface area contributed by atoms with E-state index < -0.39 is 17.7 Å². The molecule has 2 unspecified atom stereocenters. The lowest BCUT2D eigenvalue weighted by Gasteiger charge is -2.22. The van der Waals surface area contributed by atoms with Gasteiger partial charge in [-0.25, -0.2) is 4.79 Å². The van der Waals surface area contributed by atoms with Gasteiger partial charge in [-0.3, -0.25) is 9.69 Å². The molecule has 2 aromatic carbocycles. The van der Waals surface area contributed by atoms with Crippen molar-refractivity contribution in [3.63, 3.8) is 0 Å². The SMILES string of the molecule is CCCCCCCC1(C)NC(=O)N(CC(O)COc2cccc3ccccc23)C1=O. The molecule has 6 nitrogen and oxygen atoms in total. The first kappa shape index (κ1) is 22.1. The van der Waals surface area contributed by atoms with Crippen LogP contribution in [0.25, 0.3) is 10.8 Å². The Bertz CT molecular complexity index is 879. The number of imide groups is 1. The maximum Gasteiger partial charge on any atom is 0.325 e. The van der Waals surface area contributed by atoms with Crippen LogP contribution in [0.3, 0.4) is 0 Å².